The molecular weight excluding hydrogens is 727 g/mol. The lowest BCUT2D eigenvalue weighted by molar-refractivity contribution is -0.220. The molecule has 6 unspecified atom stereocenters. The van der Waals surface area contributed by atoms with Gasteiger partial charge in [-0.3, -0.25) is 13.8 Å². The zero-order chi connectivity index (χ0) is 40.6. The van der Waals surface area contributed by atoms with E-state index in [1.165, 1.54) is 32.1 Å². The van der Waals surface area contributed by atoms with Crippen molar-refractivity contribution in [2.75, 3.05) is 19.8 Å². The van der Waals surface area contributed by atoms with Gasteiger partial charge in [0.05, 0.1) is 19.6 Å². The van der Waals surface area contributed by atoms with Crippen molar-refractivity contribution in [3.63, 3.8) is 0 Å². The molecule has 0 heterocycles. The Morgan fingerprint density at radius 1 is 0.600 bits per heavy atom. The van der Waals surface area contributed by atoms with Gasteiger partial charge in [0.2, 0.25) is 0 Å². The monoisotopic (exact) mass is 798 g/mol. The van der Waals surface area contributed by atoms with Crippen LogP contribution in [0.1, 0.15) is 123 Å². The molecule has 6 atom stereocenters. The molecule has 12 nitrogen and oxygen atoms in total. The lowest BCUT2D eigenvalue weighted by Crippen LogP contribution is -2.64. The van der Waals surface area contributed by atoms with Crippen LogP contribution in [0.4, 0.5) is 0 Å². The Balaban J connectivity index is 2.54. The third kappa shape index (κ3) is 25.6. The van der Waals surface area contributed by atoms with E-state index in [0.717, 1.165) is 64.2 Å². The molecule has 13 heteroatoms. The predicted octanol–water partition coefficient (Wildman–Crippen LogP) is 7.24. The van der Waals surface area contributed by atoms with E-state index in [-0.39, 0.29) is 13.0 Å². The number of allylic oxidation sites excluding steroid dienone is 11. The SMILES string of the molecule is CC/C=C\C/C=C\C/C=C\C/C=C\C/C=C\CC(=O)OC(COCCCCCCCC/C=C\CCCCC)COP(=O)(O)OC1C(O)C(O)C(O)C(O)C1O. The average molecular weight is 799 g/mol. The number of rotatable bonds is 32. The molecule has 0 radical (unpaired) electrons. The van der Waals surface area contributed by atoms with Gasteiger partial charge < -0.3 is 39.9 Å². The van der Waals surface area contributed by atoms with E-state index in [0.29, 0.717) is 13.0 Å². The Morgan fingerprint density at radius 3 is 1.62 bits per heavy atom. The van der Waals surface area contributed by atoms with Gasteiger partial charge in [-0.1, -0.05) is 125 Å². The first-order valence-corrected chi connectivity index (χ1v) is 21.8. The fraction of sp³-hybridized carbons (Fsp3) is 0.690. The molecule has 55 heavy (non-hydrogen) atoms. The van der Waals surface area contributed by atoms with E-state index < -0.39 is 63.1 Å². The standard InChI is InChI=1S/C42H71O12P/c1-3-5-7-9-11-13-15-17-18-19-21-23-25-27-29-31-36(43)53-35(33-51-32-30-28-26-24-22-20-16-14-12-10-8-6-4-2)34-52-55(49,50)54-42-40(47)38(45)37(44)39(46)41(42)48/h5,7,11-14,17-18,21,23,27,29,35,37-42,44-48H,3-4,6,8-10,15-16,19-20,22,24-26,28,30-34H2,1-2H3,(H,49,50)/b7-5-,13-11-,14-12-,18-17-,23-21-,29-27-. The Morgan fingerprint density at radius 2 is 1.07 bits per heavy atom. The summed E-state index contributed by atoms with van der Waals surface area (Å²) in [5.74, 6) is -0.610. The molecule has 316 valence electrons. The van der Waals surface area contributed by atoms with Crippen molar-refractivity contribution in [3.05, 3.63) is 72.9 Å². The molecule has 0 aromatic heterocycles. The molecule has 6 N–H and O–H groups in total. The van der Waals surface area contributed by atoms with Crippen LogP contribution in [-0.2, 0) is 27.9 Å². The van der Waals surface area contributed by atoms with Gasteiger partial charge in [0.1, 0.15) is 42.7 Å². The molecule has 0 spiro atoms. The molecule has 0 bridgehead atoms. The van der Waals surface area contributed by atoms with Crippen LogP contribution in [0.5, 0.6) is 0 Å². The zero-order valence-electron chi connectivity index (χ0n) is 33.2. The van der Waals surface area contributed by atoms with Crippen molar-refractivity contribution in [1.82, 2.24) is 0 Å². The topological polar surface area (TPSA) is 192 Å². The molecule has 0 saturated heterocycles. The quantitative estimate of drug-likeness (QED) is 0.0173. The Bertz CT molecular complexity index is 1180. The normalized spacial score (nSPS) is 24.0. The number of esters is 1. The predicted molar refractivity (Wildman–Crippen MR) is 216 cm³/mol. The molecule has 0 amide bonds. The van der Waals surface area contributed by atoms with Crippen molar-refractivity contribution in [2.45, 2.75) is 166 Å². The highest BCUT2D eigenvalue weighted by Crippen LogP contribution is 2.47. The van der Waals surface area contributed by atoms with Gasteiger partial charge in [0, 0.05) is 6.61 Å². The first-order valence-electron chi connectivity index (χ1n) is 20.3. The summed E-state index contributed by atoms with van der Waals surface area (Å²) in [6.07, 6.45) is 28.6. The second-order valence-corrected chi connectivity index (χ2v) is 15.2. The minimum Gasteiger partial charge on any atom is -0.457 e. The van der Waals surface area contributed by atoms with Crippen molar-refractivity contribution in [2.24, 2.45) is 0 Å². The second-order valence-electron chi connectivity index (χ2n) is 13.8. The fourth-order valence-corrected chi connectivity index (χ4v) is 6.57. The summed E-state index contributed by atoms with van der Waals surface area (Å²) in [5, 5.41) is 50.0. The number of ether oxygens (including phenoxy) is 2. The van der Waals surface area contributed by atoms with Crippen LogP contribution in [0, 0.1) is 0 Å². The molecule has 1 saturated carbocycles. The van der Waals surface area contributed by atoms with Gasteiger partial charge in [-0.2, -0.15) is 0 Å². The minimum atomic E-state index is -5.04. The van der Waals surface area contributed by atoms with Crippen molar-refractivity contribution in [1.29, 1.82) is 0 Å². The summed E-state index contributed by atoms with van der Waals surface area (Å²) in [7, 11) is -5.04. The molecule has 0 aliphatic heterocycles. The third-order valence-corrected chi connectivity index (χ3v) is 9.83. The maximum absolute atomic E-state index is 12.8. The van der Waals surface area contributed by atoms with Gasteiger partial charge in [-0.05, 0) is 64.2 Å². The van der Waals surface area contributed by atoms with Crippen LogP contribution in [0.15, 0.2) is 72.9 Å². The van der Waals surface area contributed by atoms with E-state index in [1.54, 1.807) is 6.08 Å². The summed E-state index contributed by atoms with van der Waals surface area (Å²) in [5.41, 5.74) is 0. The first-order chi connectivity index (χ1) is 26.5. The number of aliphatic hydroxyl groups excluding tert-OH is 5. The third-order valence-electron chi connectivity index (χ3n) is 8.85. The summed E-state index contributed by atoms with van der Waals surface area (Å²) in [6, 6.07) is 0. The fourth-order valence-electron chi connectivity index (χ4n) is 5.60. The summed E-state index contributed by atoms with van der Waals surface area (Å²) in [6.45, 7) is 3.96. The number of phosphoric acid groups is 1. The van der Waals surface area contributed by atoms with Crippen LogP contribution in [-0.4, -0.2) is 98.9 Å². The first kappa shape index (κ1) is 50.8. The lowest BCUT2D eigenvalue weighted by atomic mass is 9.85. The van der Waals surface area contributed by atoms with E-state index in [4.69, 9.17) is 18.5 Å². The Kier molecular flexibility index (Phi) is 30.3. The van der Waals surface area contributed by atoms with E-state index in [1.807, 2.05) is 18.2 Å². The van der Waals surface area contributed by atoms with Gasteiger partial charge in [-0.15, -0.1) is 0 Å². The molecule has 1 aliphatic carbocycles. The Labute approximate surface area is 329 Å². The van der Waals surface area contributed by atoms with Crippen LogP contribution >= 0.6 is 7.82 Å². The summed E-state index contributed by atoms with van der Waals surface area (Å²) < 4.78 is 33.9. The largest absolute Gasteiger partial charge is 0.472 e. The van der Waals surface area contributed by atoms with Crippen molar-refractivity contribution in [3.8, 4) is 0 Å². The van der Waals surface area contributed by atoms with E-state index >= 15 is 0 Å². The van der Waals surface area contributed by atoms with Crippen LogP contribution in [0.2, 0.25) is 0 Å². The van der Waals surface area contributed by atoms with Gasteiger partial charge in [0.25, 0.3) is 0 Å². The average Bonchev–Trinajstić information content (AvgIpc) is 3.17. The maximum Gasteiger partial charge on any atom is 0.472 e. The number of unbranched alkanes of at least 4 members (excludes halogenated alkanes) is 9. The molecule has 1 fully saturated rings. The summed E-state index contributed by atoms with van der Waals surface area (Å²) in [4.78, 5) is 23.0. The molecule has 0 aromatic carbocycles. The number of hydrogen-bond acceptors (Lipinski definition) is 11. The van der Waals surface area contributed by atoms with Crippen LogP contribution in [0.25, 0.3) is 0 Å². The van der Waals surface area contributed by atoms with Crippen molar-refractivity contribution < 1.29 is 58.3 Å². The molecule has 0 aromatic rings. The minimum absolute atomic E-state index is 0.0511. The van der Waals surface area contributed by atoms with Gasteiger partial charge in [-0.25, -0.2) is 4.57 Å². The number of carbonyl (C=O) groups excluding carboxylic acids is 1. The van der Waals surface area contributed by atoms with E-state index in [9.17, 15) is 39.8 Å². The molecule has 1 aliphatic rings. The number of phosphoric ester groups is 1. The highest BCUT2D eigenvalue weighted by Gasteiger charge is 2.51. The highest BCUT2D eigenvalue weighted by molar-refractivity contribution is 7.47. The maximum atomic E-state index is 12.8. The number of aliphatic hydroxyl groups is 5. The number of hydrogen-bond donors (Lipinski definition) is 6. The van der Waals surface area contributed by atoms with Crippen molar-refractivity contribution >= 4 is 13.8 Å². The van der Waals surface area contributed by atoms with Crippen LogP contribution in [0.3, 0.4) is 0 Å². The van der Waals surface area contributed by atoms with E-state index in [2.05, 4.69) is 62.5 Å². The zero-order valence-corrected chi connectivity index (χ0v) is 34.1. The molecule has 1 rings (SSSR count). The smallest absolute Gasteiger partial charge is 0.457 e. The molecular formula is C42H71O12P. The summed E-state index contributed by atoms with van der Waals surface area (Å²) >= 11 is 0. The highest BCUT2D eigenvalue weighted by atomic mass is 31.2. The number of carbonyl (C=O) groups is 1. The van der Waals surface area contributed by atoms with Crippen LogP contribution < -0.4 is 0 Å². The van der Waals surface area contributed by atoms with Gasteiger partial charge in [0.15, 0.2) is 0 Å². The lowest BCUT2D eigenvalue weighted by Gasteiger charge is -2.41. The van der Waals surface area contributed by atoms with Gasteiger partial charge >= 0.3 is 13.8 Å². The Hall–Kier alpha value is -2.22. The second kappa shape index (κ2) is 32.8.